The van der Waals surface area contributed by atoms with Crippen LogP contribution in [0.25, 0.3) is 11.4 Å². The van der Waals surface area contributed by atoms with Crippen molar-refractivity contribution in [2.75, 3.05) is 23.7 Å². The Bertz CT molecular complexity index is 605. The minimum absolute atomic E-state index is 0.262. The molecule has 0 saturated carbocycles. The van der Waals surface area contributed by atoms with Crippen LogP contribution < -0.4 is 10.6 Å². The standard InChI is InChI=1S/C15H21N5/c1-5-20(6-2)15-18-13(17-14(16)19-15)12-9-7-8-10(3)11(12)4/h7-9H,5-6H2,1-4H3,(H2,16,17,18,19). The lowest BCUT2D eigenvalue weighted by Gasteiger charge is -2.19. The van der Waals surface area contributed by atoms with Crippen molar-refractivity contribution in [3.8, 4) is 11.4 Å². The van der Waals surface area contributed by atoms with Crippen LogP contribution in [0.5, 0.6) is 0 Å². The minimum atomic E-state index is 0.262. The van der Waals surface area contributed by atoms with E-state index >= 15 is 0 Å². The van der Waals surface area contributed by atoms with Crippen LogP contribution in [0.2, 0.25) is 0 Å². The predicted molar refractivity (Wildman–Crippen MR) is 82.7 cm³/mol. The summed E-state index contributed by atoms with van der Waals surface area (Å²) in [5.74, 6) is 1.54. The second kappa shape index (κ2) is 5.86. The van der Waals surface area contributed by atoms with Gasteiger partial charge in [-0.1, -0.05) is 18.2 Å². The second-order valence-electron chi connectivity index (χ2n) is 4.74. The molecule has 0 bridgehead atoms. The summed E-state index contributed by atoms with van der Waals surface area (Å²) < 4.78 is 0. The molecule has 0 atom stereocenters. The average molecular weight is 271 g/mol. The molecule has 0 saturated heterocycles. The molecule has 0 fully saturated rings. The Morgan fingerprint density at radius 2 is 1.75 bits per heavy atom. The van der Waals surface area contributed by atoms with Crippen molar-refractivity contribution in [1.82, 2.24) is 15.0 Å². The van der Waals surface area contributed by atoms with Crippen LogP contribution in [0.15, 0.2) is 18.2 Å². The zero-order chi connectivity index (χ0) is 14.7. The molecule has 0 radical (unpaired) electrons. The smallest absolute Gasteiger partial charge is 0.230 e. The number of benzene rings is 1. The van der Waals surface area contributed by atoms with Crippen LogP contribution in [-0.4, -0.2) is 28.0 Å². The Kier molecular flexibility index (Phi) is 4.17. The fourth-order valence-electron chi connectivity index (χ4n) is 2.14. The molecule has 1 heterocycles. The van der Waals surface area contributed by atoms with E-state index in [0.717, 1.165) is 18.7 Å². The van der Waals surface area contributed by atoms with Crippen molar-refractivity contribution in [2.24, 2.45) is 0 Å². The first-order valence-corrected chi connectivity index (χ1v) is 6.89. The maximum absolute atomic E-state index is 5.84. The largest absolute Gasteiger partial charge is 0.368 e. The number of hydrogen-bond acceptors (Lipinski definition) is 5. The molecule has 20 heavy (non-hydrogen) atoms. The van der Waals surface area contributed by atoms with E-state index in [1.54, 1.807) is 0 Å². The van der Waals surface area contributed by atoms with Gasteiger partial charge < -0.3 is 10.6 Å². The predicted octanol–water partition coefficient (Wildman–Crippen LogP) is 2.58. The molecular weight excluding hydrogens is 250 g/mol. The van der Waals surface area contributed by atoms with Gasteiger partial charge >= 0.3 is 0 Å². The maximum atomic E-state index is 5.84. The Hall–Kier alpha value is -2.17. The minimum Gasteiger partial charge on any atom is -0.368 e. The topological polar surface area (TPSA) is 67.9 Å². The van der Waals surface area contributed by atoms with Gasteiger partial charge in [0.2, 0.25) is 11.9 Å². The summed E-state index contributed by atoms with van der Waals surface area (Å²) in [7, 11) is 0. The third-order valence-corrected chi connectivity index (χ3v) is 3.53. The number of nitrogens with two attached hydrogens (primary N) is 1. The van der Waals surface area contributed by atoms with E-state index in [1.807, 2.05) is 12.1 Å². The molecule has 0 unspecified atom stereocenters. The number of aryl methyl sites for hydroxylation is 1. The van der Waals surface area contributed by atoms with Gasteiger partial charge in [-0.2, -0.15) is 15.0 Å². The average Bonchev–Trinajstić information content (AvgIpc) is 2.42. The highest BCUT2D eigenvalue weighted by atomic mass is 15.3. The van der Waals surface area contributed by atoms with Crippen molar-refractivity contribution < 1.29 is 0 Å². The quantitative estimate of drug-likeness (QED) is 0.925. The van der Waals surface area contributed by atoms with E-state index in [2.05, 4.69) is 53.6 Å². The molecule has 5 nitrogen and oxygen atoms in total. The van der Waals surface area contributed by atoms with E-state index in [9.17, 15) is 0 Å². The molecule has 2 N–H and O–H groups in total. The number of aromatic nitrogens is 3. The molecule has 1 aromatic carbocycles. The van der Waals surface area contributed by atoms with E-state index in [4.69, 9.17) is 5.73 Å². The maximum Gasteiger partial charge on any atom is 0.230 e. The third-order valence-electron chi connectivity index (χ3n) is 3.53. The monoisotopic (exact) mass is 271 g/mol. The summed E-state index contributed by atoms with van der Waals surface area (Å²) in [5, 5.41) is 0. The van der Waals surface area contributed by atoms with Crippen LogP contribution in [-0.2, 0) is 0 Å². The number of anilines is 2. The highest BCUT2D eigenvalue weighted by molar-refractivity contribution is 5.63. The Morgan fingerprint density at radius 1 is 1.05 bits per heavy atom. The van der Waals surface area contributed by atoms with Crippen molar-refractivity contribution >= 4 is 11.9 Å². The SMILES string of the molecule is CCN(CC)c1nc(N)nc(-c2cccc(C)c2C)n1. The molecule has 0 amide bonds. The highest BCUT2D eigenvalue weighted by Crippen LogP contribution is 2.24. The molecular formula is C15H21N5. The van der Waals surface area contributed by atoms with Gasteiger partial charge in [0.1, 0.15) is 0 Å². The lowest BCUT2D eigenvalue weighted by atomic mass is 10.0. The molecule has 106 valence electrons. The summed E-state index contributed by atoms with van der Waals surface area (Å²) in [6.45, 7) is 9.97. The third kappa shape index (κ3) is 2.71. The highest BCUT2D eigenvalue weighted by Gasteiger charge is 2.13. The normalized spacial score (nSPS) is 10.6. The van der Waals surface area contributed by atoms with Crippen LogP contribution in [0.1, 0.15) is 25.0 Å². The van der Waals surface area contributed by atoms with Gasteiger partial charge in [0, 0.05) is 18.7 Å². The summed E-state index contributed by atoms with van der Waals surface area (Å²) in [6, 6.07) is 6.10. The number of hydrogen-bond donors (Lipinski definition) is 1. The van der Waals surface area contributed by atoms with Crippen LogP contribution in [0, 0.1) is 13.8 Å². The van der Waals surface area contributed by atoms with Gasteiger partial charge in [-0.25, -0.2) is 0 Å². The first-order valence-electron chi connectivity index (χ1n) is 6.89. The molecule has 0 aliphatic rings. The van der Waals surface area contributed by atoms with E-state index in [1.165, 1.54) is 11.1 Å². The molecule has 0 aliphatic heterocycles. The Labute approximate surface area is 119 Å². The lowest BCUT2D eigenvalue weighted by Crippen LogP contribution is -2.25. The zero-order valence-corrected chi connectivity index (χ0v) is 12.5. The summed E-state index contributed by atoms with van der Waals surface area (Å²) >= 11 is 0. The fraction of sp³-hybridized carbons (Fsp3) is 0.400. The molecule has 2 rings (SSSR count). The van der Waals surface area contributed by atoms with E-state index in [-0.39, 0.29) is 5.95 Å². The van der Waals surface area contributed by atoms with Crippen molar-refractivity contribution in [2.45, 2.75) is 27.7 Å². The molecule has 2 aromatic rings. The van der Waals surface area contributed by atoms with Crippen LogP contribution >= 0.6 is 0 Å². The van der Waals surface area contributed by atoms with E-state index < -0.39 is 0 Å². The molecule has 0 spiro atoms. The van der Waals surface area contributed by atoms with Crippen LogP contribution in [0.3, 0.4) is 0 Å². The zero-order valence-electron chi connectivity index (χ0n) is 12.5. The number of nitrogens with zero attached hydrogens (tertiary/aromatic N) is 4. The second-order valence-corrected chi connectivity index (χ2v) is 4.74. The van der Waals surface area contributed by atoms with Gasteiger partial charge in [-0.3, -0.25) is 0 Å². The first-order chi connectivity index (χ1) is 9.56. The number of rotatable bonds is 4. The van der Waals surface area contributed by atoms with Crippen molar-refractivity contribution in [1.29, 1.82) is 0 Å². The van der Waals surface area contributed by atoms with Gasteiger partial charge in [-0.05, 0) is 38.8 Å². The summed E-state index contributed by atoms with van der Waals surface area (Å²) in [6.07, 6.45) is 0. The van der Waals surface area contributed by atoms with Crippen molar-refractivity contribution in [3.05, 3.63) is 29.3 Å². The summed E-state index contributed by atoms with van der Waals surface area (Å²) in [4.78, 5) is 15.2. The Morgan fingerprint density at radius 3 is 2.40 bits per heavy atom. The molecule has 5 heteroatoms. The van der Waals surface area contributed by atoms with Gasteiger partial charge in [-0.15, -0.1) is 0 Å². The number of nitrogen functional groups attached to an aromatic ring is 1. The van der Waals surface area contributed by atoms with Gasteiger partial charge in [0.05, 0.1) is 0 Å². The Balaban J connectivity index is 2.55. The van der Waals surface area contributed by atoms with Crippen LogP contribution in [0.4, 0.5) is 11.9 Å². The fourth-order valence-corrected chi connectivity index (χ4v) is 2.14. The van der Waals surface area contributed by atoms with E-state index in [0.29, 0.717) is 11.8 Å². The van der Waals surface area contributed by atoms with Gasteiger partial charge in [0.15, 0.2) is 5.82 Å². The molecule has 0 aliphatic carbocycles. The first kappa shape index (κ1) is 14.2. The lowest BCUT2D eigenvalue weighted by molar-refractivity contribution is 0.816. The molecule has 1 aromatic heterocycles. The van der Waals surface area contributed by atoms with Gasteiger partial charge in [0.25, 0.3) is 0 Å². The summed E-state index contributed by atoms with van der Waals surface area (Å²) in [5.41, 5.74) is 9.23. The van der Waals surface area contributed by atoms with Crippen molar-refractivity contribution in [3.63, 3.8) is 0 Å².